The van der Waals surface area contributed by atoms with Crippen LogP contribution in [0.25, 0.3) is 0 Å². The van der Waals surface area contributed by atoms with Gasteiger partial charge in [0.05, 0.1) is 11.3 Å². The molecule has 20 heavy (non-hydrogen) atoms. The molecule has 0 radical (unpaired) electrons. The lowest BCUT2D eigenvalue weighted by Gasteiger charge is -2.19. The number of amides is 1. The number of nitrogens with zero attached hydrogens (tertiary/aromatic N) is 1. The summed E-state index contributed by atoms with van der Waals surface area (Å²) >= 11 is 5.84. The summed E-state index contributed by atoms with van der Waals surface area (Å²) in [5.41, 5.74) is 4.71. The van der Waals surface area contributed by atoms with E-state index < -0.39 is 0 Å². The Hall–Kier alpha value is -2.04. The molecule has 2 aromatic carbocycles. The van der Waals surface area contributed by atoms with Crippen molar-refractivity contribution in [3.05, 3.63) is 64.7 Å². The van der Waals surface area contributed by atoms with Crippen LogP contribution in [0.2, 0.25) is 5.02 Å². The predicted molar refractivity (Wildman–Crippen MR) is 81.5 cm³/mol. The zero-order chi connectivity index (χ0) is 14.5. The Bertz CT molecular complexity index is 598. The molecule has 4 nitrogen and oxygen atoms in total. The topological polar surface area (TPSA) is 58.4 Å². The summed E-state index contributed by atoms with van der Waals surface area (Å²) in [4.78, 5) is 14.0. The van der Waals surface area contributed by atoms with Crippen LogP contribution in [-0.2, 0) is 6.54 Å². The van der Waals surface area contributed by atoms with Crippen molar-refractivity contribution < 1.29 is 4.79 Å². The summed E-state index contributed by atoms with van der Waals surface area (Å²) in [7, 11) is 1.75. The minimum absolute atomic E-state index is 0.0894. The van der Waals surface area contributed by atoms with Crippen LogP contribution in [0.3, 0.4) is 0 Å². The van der Waals surface area contributed by atoms with E-state index in [-0.39, 0.29) is 5.91 Å². The summed E-state index contributed by atoms with van der Waals surface area (Å²) in [5.74, 6) is 5.33. The third kappa shape index (κ3) is 3.29. The maximum absolute atomic E-state index is 12.4. The van der Waals surface area contributed by atoms with E-state index in [2.05, 4.69) is 5.43 Å². The van der Waals surface area contributed by atoms with Crippen LogP contribution in [0.1, 0.15) is 15.9 Å². The van der Waals surface area contributed by atoms with Gasteiger partial charge in [0.2, 0.25) is 0 Å². The molecule has 0 saturated carbocycles. The molecule has 3 N–H and O–H groups in total. The van der Waals surface area contributed by atoms with Gasteiger partial charge in [0, 0.05) is 18.6 Å². The maximum Gasteiger partial charge on any atom is 0.256 e. The van der Waals surface area contributed by atoms with E-state index in [1.807, 2.05) is 36.4 Å². The second-order valence-corrected chi connectivity index (χ2v) is 4.91. The lowest BCUT2D eigenvalue weighted by atomic mass is 10.1. The number of rotatable bonds is 4. The molecular formula is C15H16ClN3O. The van der Waals surface area contributed by atoms with Gasteiger partial charge in [-0.25, -0.2) is 0 Å². The number of halogens is 1. The summed E-state index contributed by atoms with van der Waals surface area (Å²) in [5, 5.41) is 0.681. The Balaban J connectivity index is 2.14. The van der Waals surface area contributed by atoms with Crippen molar-refractivity contribution in [3.8, 4) is 0 Å². The molecule has 1 amide bonds. The number of benzene rings is 2. The van der Waals surface area contributed by atoms with Gasteiger partial charge in [-0.2, -0.15) is 0 Å². The first kappa shape index (κ1) is 14.4. The van der Waals surface area contributed by atoms with E-state index in [1.54, 1.807) is 24.1 Å². The number of nitrogens with two attached hydrogens (primary N) is 1. The van der Waals surface area contributed by atoms with E-state index in [0.717, 1.165) is 5.56 Å². The monoisotopic (exact) mass is 289 g/mol. The van der Waals surface area contributed by atoms with Gasteiger partial charge in [-0.15, -0.1) is 0 Å². The lowest BCUT2D eigenvalue weighted by Crippen LogP contribution is -2.27. The zero-order valence-electron chi connectivity index (χ0n) is 11.1. The van der Waals surface area contributed by atoms with Gasteiger partial charge in [0.25, 0.3) is 5.91 Å². The molecule has 0 aliphatic heterocycles. The number of nitrogens with one attached hydrogen (secondary N) is 1. The van der Waals surface area contributed by atoms with E-state index >= 15 is 0 Å². The van der Waals surface area contributed by atoms with Crippen LogP contribution >= 0.6 is 11.6 Å². The van der Waals surface area contributed by atoms with Gasteiger partial charge in [0.1, 0.15) is 0 Å². The fourth-order valence-corrected chi connectivity index (χ4v) is 2.06. The number of hydrazine groups is 1. The van der Waals surface area contributed by atoms with Crippen molar-refractivity contribution >= 4 is 23.2 Å². The van der Waals surface area contributed by atoms with Crippen LogP contribution in [0.5, 0.6) is 0 Å². The van der Waals surface area contributed by atoms with Gasteiger partial charge < -0.3 is 10.3 Å². The molecule has 0 spiro atoms. The fraction of sp³-hybridized carbons (Fsp3) is 0.133. The number of hydrogen-bond donors (Lipinski definition) is 2. The molecule has 0 aromatic heterocycles. The number of para-hydroxylation sites is 1. The predicted octanol–water partition coefficient (Wildman–Crippen LogP) is 2.90. The van der Waals surface area contributed by atoms with Crippen LogP contribution in [0.15, 0.2) is 48.5 Å². The number of hydrogen-bond acceptors (Lipinski definition) is 3. The highest BCUT2D eigenvalue weighted by atomic mass is 35.5. The van der Waals surface area contributed by atoms with Gasteiger partial charge in [-0.05, 0) is 29.8 Å². The minimum Gasteiger partial charge on any atom is -0.337 e. The van der Waals surface area contributed by atoms with Gasteiger partial charge >= 0.3 is 0 Å². The van der Waals surface area contributed by atoms with Crippen molar-refractivity contribution in [1.29, 1.82) is 0 Å². The van der Waals surface area contributed by atoms with Crippen molar-refractivity contribution in [2.75, 3.05) is 12.5 Å². The molecule has 0 saturated heterocycles. The summed E-state index contributed by atoms with van der Waals surface area (Å²) in [6.45, 7) is 0.509. The molecule has 0 aliphatic rings. The van der Waals surface area contributed by atoms with Gasteiger partial charge in [0.15, 0.2) is 0 Å². The molecule has 0 fully saturated rings. The molecule has 2 rings (SSSR count). The molecule has 0 aliphatic carbocycles. The lowest BCUT2D eigenvalue weighted by molar-refractivity contribution is 0.0786. The summed E-state index contributed by atoms with van der Waals surface area (Å²) in [6, 6.07) is 14.6. The molecule has 5 heteroatoms. The first-order valence-electron chi connectivity index (χ1n) is 6.17. The molecule has 0 bridgehead atoms. The number of carbonyl (C=O) groups excluding carboxylic acids is 1. The largest absolute Gasteiger partial charge is 0.337 e. The Morgan fingerprint density at radius 3 is 2.50 bits per heavy atom. The van der Waals surface area contributed by atoms with E-state index in [0.29, 0.717) is 22.8 Å². The standard InChI is InChI=1S/C15H16ClN3O/c1-19(10-11-6-8-12(16)9-7-11)15(20)13-4-2-3-5-14(13)18-17/h2-9,18H,10,17H2,1H3. The average Bonchev–Trinajstić information content (AvgIpc) is 2.48. The Labute approximate surface area is 123 Å². The van der Waals surface area contributed by atoms with E-state index in [1.165, 1.54) is 0 Å². The first-order valence-corrected chi connectivity index (χ1v) is 6.55. The van der Waals surface area contributed by atoms with Crippen molar-refractivity contribution in [2.45, 2.75) is 6.54 Å². The number of carbonyl (C=O) groups is 1. The van der Waals surface area contributed by atoms with Crippen LogP contribution in [0, 0.1) is 0 Å². The normalized spacial score (nSPS) is 10.2. The zero-order valence-corrected chi connectivity index (χ0v) is 11.9. The molecule has 0 unspecified atom stereocenters. The van der Waals surface area contributed by atoms with Gasteiger partial charge in [-0.3, -0.25) is 10.6 Å². The van der Waals surface area contributed by atoms with Crippen molar-refractivity contribution in [3.63, 3.8) is 0 Å². The molecule has 0 heterocycles. The molecule has 0 atom stereocenters. The smallest absolute Gasteiger partial charge is 0.256 e. The van der Waals surface area contributed by atoms with Crippen LogP contribution in [0.4, 0.5) is 5.69 Å². The Morgan fingerprint density at radius 1 is 1.20 bits per heavy atom. The quantitative estimate of drug-likeness (QED) is 0.672. The fourth-order valence-electron chi connectivity index (χ4n) is 1.94. The minimum atomic E-state index is -0.0894. The van der Waals surface area contributed by atoms with Crippen LogP contribution < -0.4 is 11.3 Å². The van der Waals surface area contributed by atoms with Crippen LogP contribution in [-0.4, -0.2) is 17.9 Å². The highest BCUT2D eigenvalue weighted by Crippen LogP contribution is 2.17. The molecule has 2 aromatic rings. The van der Waals surface area contributed by atoms with E-state index in [4.69, 9.17) is 17.4 Å². The Kier molecular flexibility index (Phi) is 4.61. The Morgan fingerprint density at radius 2 is 1.85 bits per heavy atom. The summed E-state index contributed by atoms with van der Waals surface area (Å²) in [6.07, 6.45) is 0. The van der Waals surface area contributed by atoms with E-state index in [9.17, 15) is 4.79 Å². The third-order valence-electron chi connectivity index (χ3n) is 2.99. The second-order valence-electron chi connectivity index (χ2n) is 4.48. The number of nitrogen functional groups attached to an aromatic ring is 1. The molecule has 104 valence electrons. The highest BCUT2D eigenvalue weighted by molar-refractivity contribution is 6.30. The van der Waals surface area contributed by atoms with Gasteiger partial charge in [-0.1, -0.05) is 35.9 Å². The first-order chi connectivity index (χ1) is 9.61. The van der Waals surface area contributed by atoms with Crippen molar-refractivity contribution in [2.24, 2.45) is 5.84 Å². The SMILES string of the molecule is CN(Cc1ccc(Cl)cc1)C(=O)c1ccccc1NN. The molecular weight excluding hydrogens is 274 g/mol. The highest BCUT2D eigenvalue weighted by Gasteiger charge is 2.15. The van der Waals surface area contributed by atoms with Crippen molar-refractivity contribution in [1.82, 2.24) is 4.90 Å². The third-order valence-corrected chi connectivity index (χ3v) is 3.24. The number of anilines is 1. The maximum atomic E-state index is 12.4. The average molecular weight is 290 g/mol. The second kappa shape index (κ2) is 6.41. The summed E-state index contributed by atoms with van der Waals surface area (Å²) < 4.78 is 0.